The SMILES string of the molecule is NC(=O)NCC(=O)O.NC(=O)NCC(=O)O. The van der Waals surface area contributed by atoms with E-state index in [0.717, 1.165) is 0 Å². The number of carbonyl (C=O) groups excluding carboxylic acids is 2. The molecular formula is C6H12N4O6. The Hall–Kier alpha value is -2.52. The number of hydrogen-bond acceptors (Lipinski definition) is 4. The van der Waals surface area contributed by atoms with Gasteiger partial charge in [-0.3, -0.25) is 9.59 Å². The van der Waals surface area contributed by atoms with Gasteiger partial charge in [0, 0.05) is 0 Å². The first kappa shape index (κ1) is 15.9. The normalized spacial score (nSPS) is 8.00. The molecule has 0 aliphatic carbocycles. The molecule has 0 spiro atoms. The van der Waals surface area contributed by atoms with E-state index in [1.54, 1.807) is 0 Å². The van der Waals surface area contributed by atoms with Crippen LogP contribution in [0.15, 0.2) is 0 Å². The number of rotatable bonds is 4. The molecular weight excluding hydrogens is 224 g/mol. The molecule has 0 heterocycles. The number of carboxylic acid groups (broad SMARTS) is 2. The zero-order valence-electron chi connectivity index (χ0n) is 8.10. The van der Waals surface area contributed by atoms with Crippen molar-refractivity contribution in [3.05, 3.63) is 0 Å². The summed E-state index contributed by atoms with van der Waals surface area (Å²) in [5, 5.41) is 19.6. The minimum absolute atomic E-state index is 0.421. The summed E-state index contributed by atoms with van der Waals surface area (Å²) in [6.45, 7) is -0.843. The van der Waals surface area contributed by atoms with Crippen LogP contribution in [0.25, 0.3) is 0 Å². The molecule has 0 atom stereocenters. The number of amides is 4. The molecule has 0 radical (unpaired) electrons. The molecule has 0 saturated carbocycles. The fourth-order valence-corrected chi connectivity index (χ4v) is 0.325. The van der Waals surface area contributed by atoms with Crippen LogP contribution in [0.2, 0.25) is 0 Å². The van der Waals surface area contributed by atoms with Crippen molar-refractivity contribution >= 4 is 24.0 Å². The lowest BCUT2D eigenvalue weighted by Crippen LogP contribution is -2.33. The number of carboxylic acids is 2. The second kappa shape index (κ2) is 9.05. The first-order valence-corrected chi connectivity index (χ1v) is 3.76. The van der Waals surface area contributed by atoms with E-state index in [1.807, 2.05) is 10.6 Å². The summed E-state index contributed by atoms with van der Waals surface area (Å²) in [7, 11) is 0. The van der Waals surface area contributed by atoms with Crippen molar-refractivity contribution in [1.29, 1.82) is 0 Å². The highest BCUT2D eigenvalue weighted by Crippen LogP contribution is 1.58. The summed E-state index contributed by atoms with van der Waals surface area (Å²) in [5.41, 5.74) is 9.05. The first-order chi connectivity index (χ1) is 7.25. The van der Waals surface area contributed by atoms with E-state index < -0.39 is 37.1 Å². The van der Waals surface area contributed by atoms with Gasteiger partial charge < -0.3 is 32.3 Å². The predicted molar refractivity (Wildman–Crippen MR) is 50.4 cm³/mol. The summed E-state index contributed by atoms with van der Waals surface area (Å²) >= 11 is 0. The molecule has 10 heteroatoms. The van der Waals surface area contributed by atoms with Crippen LogP contribution in [-0.2, 0) is 9.59 Å². The molecule has 4 amide bonds. The molecule has 0 aliphatic rings. The maximum Gasteiger partial charge on any atom is 0.323 e. The maximum absolute atomic E-state index is 9.75. The maximum atomic E-state index is 9.75. The zero-order chi connectivity index (χ0) is 13.1. The van der Waals surface area contributed by atoms with E-state index in [9.17, 15) is 19.2 Å². The van der Waals surface area contributed by atoms with E-state index in [-0.39, 0.29) is 0 Å². The van der Waals surface area contributed by atoms with Crippen LogP contribution in [0.4, 0.5) is 9.59 Å². The lowest BCUT2D eigenvalue weighted by molar-refractivity contribution is -0.136. The molecule has 0 rings (SSSR count). The summed E-state index contributed by atoms with van der Waals surface area (Å²) < 4.78 is 0. The molecule has 8 N–H and O–H groups in total. The van der Waals surface area contributed by atoms with Gasteiger partial charge in [-0.05, 0) is 0 Å². The van der Waals surface area contributed by atoms with Crippen LogP contribution in [0.5, 0.6) is 0 Å². The highest BCUT2D eigenvalue weighted by atomic mass is 16.4. The van der Waals surface area contributed by atoms with Crippen LogP contribution in [0, 0.1) is 0 Å². The molecule has 0 fully saturated rings. The zero-order valence-corrected chi connectivity index (χ0v) is 8.10. The van der Waals surface area contributed by atoms with Crippen molar-refractivity contribution in [2.24, 2.45) is 11.5 Å². The monoisotopic (exact) mass is 236 g/mol. The van der Waals surface area contributed by atoms with Gasteiger partial charge in [0.05, 0.1) is 0 Å². The summed E-state index contributed by atoms with van der Waals surface area (Å²) in [6.07, 6.45) is 0. The minimum Gasteiger partial charge on any atom is -0.480 e. The number of aliphatic carboxylic acids is 2. The number of urea groups is 2. The van der Waals surface area contributed by atoms with Gasteiger partial charge in [0.1, 0.15) is 13.1 Å². The second-order valence-electron chi connectivity index (χ2n) is 2.22. The van der Waals surface area contributed by atoms with Gasteiger partial charge in [-0.1, -0.05) is 0 Å². The van der Waals surface area contributed by atoms with Crippen LogP contribution in [0.3, 0.4) is 0 Å². The Balaban J connectivity index is 0. The third kappa shape index (κ3) is 22.5. The second-order valence-corrected chi connectivity index (χ2v) is 2.22. The van der Waals surface area contributed by atoms with Gasteiger partial charge in [0.15, 0.2) is 0 Å². The third-order valence-corrected chi connectivity index (χ3v) is 0.828. The predicted octanol–water partition coefficient (Wildman–Crippen LogP) is -2.52. The number of hydrogen-bond donors (Lipinski definition) is 6. The topological polar surface area (TPSA) is 185 Å². The largest absolute Gasteiger partial charge is 0.480 e. The van der Waals surface area contributed by atoms with E-state index in [0.29, 0.717) is 0 Å². The Labute approximate surface area is 89.6 Å². The lowest BCUT2D eigenvalue weighted by Gasteiger charge is -1.92. The number of carbonyl (C=O) groups is 4. The van der Waals surface area contributed by atoms with Crippen LogP contribution in [-0.4, -0.2) is 47.3 Å². The van der Waals surface area contributed by atoms with Crippen molar-refractivity contribution in [1.82, 2.24) is 10.6 Å². The van der Waals surface area contributed by atoms with Gasteiger partial charge in [0.25, 0.3) is 0 Å². The van der Waals surface area contributed by atoms with Gasteiger partial charge in [-0.2, -0.15) is 0 Å². The van der Waals surface area contributed by atoms with Crippen LogP contribution >= 0.6 is 0 Å². The van der Waals surface area contributed by atoms with E-state index in [1.165, 1.54) is 0 Å². The van der Waals surface area contributed by atoms with Crippen molar-refractivity contribution in [3.63, 3.8) is 0 Å². The fourth-order valence-electron chi connectivity index (χ4n) is 0.325. The smallest absolute Gasteiger partial charge is 0.323 e. The molecule has 10 nitrogen and oxygen atoms in total. The molecule has 0 aliphatic heterocycles. The standard InChI is InChI=1S/2C3H6N2O3/c2*4-3(8)5-1-2(6)7/h2*1H2,(H,6,7)(H3,4,5,8). The van der Waals surface area contributed by atoms with Crippen molar-refractivity contribution < 1.29 is 29.4 Å². The van der Waals surface area contributed by atoms with E-state index in [2.05, 4.69) is 11.5 Å². The molecule has 16 heavy (non-hydrogen) atoms. The Morgan fingerprint density at radius 1 is 0.812 bits per heavy atom. The quantitative estimate of drug-likeness (QED) is 0.312. The van der Waals surface area contributed by atoms with E-state index >= 15 is 0 Å². The number of primary amides is 2. The Bertz CT molecular complexity index is 222. The van der Waals surface area contributed by atoms with Gasteiger partial charge >= 0.3 is 24.0 Å². The highest BCUT2D eigenvalue weighted by Gasteiger charge is 1.95. The molecule has 0 aromatic heterocycles. The molecule has 0 aromatic carbocycles. The van der Waals surface area contributed by atoms with Gasteiger partial charge in [0.2, 0.25) is 0 Å². The van der Waals surface area contributed by atoms with Crippen molar-refractivity contribution in [2.75, 3.05) is 13.1 Å². The summed E-state index contributed by atoms with van der Waals surface area (Å²) in [5.74, 6) is -2.22. The third-order valence-electron chi connectivity index (χ3n) is 0.828. The Morgan fingerprint density at radius 2 is 1.06 bits per heavy atom. The lowest BCUT2D eigenvalue weighted by atomic mass is 10.7. The fraction of sp³-hybridized carbons (Fsp3) is 0.333. The average molecular weight is 236 g/mol. The number of nitrogens with one attached hydrogen (secondary N) is 2. The molecule has 0 unspecified atom stereocenters. The van der Waals surface area contributed by atoms with Gasteiger partial charge in [-0.15, -0.1) is 0 Å². The van der Waals surface area contributed by atoms with Crippen LogP contribution < -0.4 is 22.1 Å². The molecule has 0 saturated heterocycles. The summed E-state index contributed by atoms with van der Waals surface area (Å²) in [4.78, 5) is 38.8. The summed E-state index contributed by atoms with van der Waals surface area (Å²) in [6, 6.07) is -1.65. The Morgan fingerprint density at radius 3 is 1.12 bits per heavy atom. The van der Waals surface area contributed by atoms with Gasteiger partial charge in [-0.25, -0.2) is 9.59 Å². The number of nitrogens with two attached hydrogens (primary N) is 2. The van der Waals surface area contributed by atoms with Crippen LogP contribution in [0.1, 0.15) is 0 Å². The molecule has 0 aromatic rings. The minimum atomic E-state index is -1.11. The first-order valence-electron chi connectivity index (χ1n) is 3.76. The average Bonchev–Trinajstić information content (AvgIpc) is 2.12. The molecule has 92 valence electrons. The van der Waals surface area contributed by atoms with E-state index in [4.69, 9.17) is 10.2 Å². The van der Waals surface area contributed by atoms with Crippen molar-refractivity contribution in [3.8, 4) is 0 Å². The molecule has 0 bridgehead atoms. The Kier molecular flexibility index (Phi) is 9.01. The van der Waals surface area contributed by atoms with Crippen molar-refractivity contribution in [2.45, 2.75) is 0 Å². The highest BCUT2D eigenvalue weighted by molar-refractivity contribution is 5.78.